The molecule has 0 aromatic carbocycles. The molecule has 0 spiro atoms. The van der Waals surface area contributed by atoms with Crippen molar-refractivity contribution in [1.82, 2.24) is 0 Å². The number of aliphatic hydroxyl groups is 4. The van der Waals surface area contributed by atoms with Gasteiger partial charge in [0, 0.05) is 5.41 Å². The first-order chi connectivity index (χ1) is 21.1. The van der Waals surface area contributed by atoms with Gasteiger partial charge < -0.3 is 20.4 Å². The van der Waals surface area contributed by atoms with Crippen molar-refractivity contribution in [2.45, 2.75) is 161 Å². The molecular formula is C40H62O5. The van der Waals surface area contributed by atoms with Gasteiger partial charge in [-0.2, -0.15) is 0 Å². The zero-order chi connectivity index (χ0) is 31.9. The van der Waals surface area contributed by atoms with E-state index in [1.807, 2.05) is 0 Å². The molecule has 11 unspecified atom stereocenters. The fourth-order valence-electron chi connectivity index (χ4n) is 15.9. The minimum atomic E-state index is -1.22. The summed E-state index contributed by atoms with van der Waals surface area (Å²) >= 11 is 0. The van der Waals surface area contributed by atoms with Crippen molar-refractivity contribution in [3.05, 3.63) is 11.6 Å². The zero-order valence-electron chi connectivity index (χ0n) is 28.9. The number of ketones is 1. The number of carbonyl (C=O) groups excluding carboxylic acids is 1. The Kier molecular flexibility index (Phi) is 6.94. The second-order valence-electron chi connectivity index (χ2n) is 19.2. The van der Waals surface area contributed by atoms with Gasteiger partial charge in [-0.25, -0.2) is 0 Å². The highest BCUT2D eigenvalue weighted by Crippen LogP contribution is 2.74. The fraction of sp³-hybridized carbons (Fsp3) is 0.925. The maximum absolute atomic E-state index is 13.4. The maximum Gasteiger partial charge on any atom is 0.161 e. The van der Waals surface area contributed by atoms with Crippen molar-refractivity contribution in [2.75, 3.05) is 0 Å². The van der Waals surface area contributed by atoms with E-state index < -0.39 is 17.3 Å². The number of rotatable bonds is 2. The minimum absolute atomic E-state index is 0.0218. The smallest absolute Gasteiger partial charge is 0.161 e. The van der Waals surface area contributed by atoms with Gasteiger partial charge in [0.25, 0.3) is 0 Å². The molecule has 7 fully saturated rings. The van der Waals surface area contributed by atoms with Crippen LogP contribution in [0.15, 0.2) is 11.6 Å². The van der Waals surface area contributed by atoms with Crippen LogP contribution in [-0.2, 0) is 4.79 Å². The highest BCUT2D eigenvalue weighted by atomic mass is 16.3. The predicted octanol–water partition coefficient (Wildman–Crippen LogP) is 6.99. The van der Waals surface area contributed by atoms with Crippen LogP contribution in [0.3, 0.4) is 0 Å². The van der Waals surface area contributed by atoms with Crippen molar-refractivity contribution in [3.8, 4) is 0 Å². The molecule has 4 N–H and O–H groups in total. The summed E-state index contributed by atoms with van der Waals surface area (Å²) in [4.78, 5) is 12.8. The Balaban J connectivity index is 1.13. The predicted molar refractivity (Wildman–Crippen MR) is 175 cm³/mol. The lowest BCUT2D eigenvalue weighted by atomic mass is 9.40. The second kappa shape index (κ2) is 9.91. The van der Waals surface area contributed by atoms with Gasteiger partial charge in [-0.05, 0) is 173 Å². The molecule has 0 aliphatic heterocycles. The van der Waals surface area contributed by atoms with Crippen LogP contribution >= 0.6 is 0 Å². The Morgan fingerprint density at radius 3 is 2.13 bits per heavy atom. The summed E-state index contributed by atoms with van der Waals surface area (Å²) in [5.41, 5.74) is -1.02. The molecule has 7 saturated carbocycles. The Bertz CT molecular complexity index is 1280. The van der Waals surface area contributed by atoms with Crippen LogP contribution in [0.25, 0.3) is 0 Å². The van der Waals surface area contributed by atoms with E-state index >= 15 is 0 Å². The number of hydrogen-bond donors (Lipinski definition) is 4. The van der Waals surface area contributed by atoms with Crippen LogP contribution in [0.2, 0.25) is 0 Å². The third-order valence-corrected chi connectivity index (χ3v) is 18.4. The molecule has 8 aliphatic carbocycles. The standard InChI is InChI=1S/C40H62O5/c1-23(41)39(44)18-13-32-29-9-7-25-21-27(43)22-34(38(25,5)33(29)12-17-36(32,39)3)40(45)19-14-31-28-8-6-24-20-26(42)10-15-35(24,2)30(28)11-16-37(31,40)4/h7,24,26-34,42-45H,6,8-22H2,1-5H3/t24?,26?,27?,28-,29?,30-,31+,32?,33?,34?,35+,36?,37+,38?,39?,40?/m1/s1. The van der Waals surface area contributed by atoms with E-state index in [1.54, 1.807) is 6.92 Å². The normalized spacial score (nSPS) is 60.3. The lowest BCUT2D eigenvalue weighted by Crippen LogP contribution is -2.65. The molecule has 0 heterocycles. The van der Waals surface area contributed by atoms with Crippen LogP contribution in [0, 0.1) is 69.0 Å². The number of aliphatic hydroxyl groups excluding tert-OH is 2. The van der Waals surface area contributed by atoms with Gasteiger partial charge in [0.15, 0.2) is 5.78 Å². The van der Waals surface area contributed by atoms with E-state index in [2.05, 4.69) is 33.8 Å². The first kappa shape index (κ1) is 31.5. The van der Waals surface area contributed by atoms with E-state index in [0.29, 0.717) is 59.7 Å². The fourth-order valence-corrected chi connectivity index (χ4v) is 15.9. The summed E-state index contributed by atoms with van der Waals surface area (Å²) < 4.78 is 0. The van der Waals surface area contributed by atoms with E-state index in [0.717, 1.165) is 70.6 Å². The van der Waals surface area contributed by atoms with E-state index in [-0.39, 0.29) is 34.1 Å². The monoisotopic (exact) mass is 622 g/mol. The quantitative estimate of drug-likeness (QED) is 0.249. The summed E-state index contributed by atoms with van der Waals surface area (Å²) in [5, 5.41) is 47.1. The molecule has 0 aromatic heterocycles. The summed E-state index contributed by atoms with van der Waals surface area (Å²) in [5.74, 6) is 3.61. The number of allylic oxidation sites excluding steroid dienone is 1. The summed E-state index contributed by atoms with van der Waals surface area (Å²) in [6.07, 6.45) is 17.4. The molecule has 8 aliphatic rings. The lowest BCUT2D eigenvalue weighted by Gasteiger charge is -2.66. The second-order valence-corrected chi connectivity index (χ2v) is 19.2. The van der Waals surface area contributed by atoms with Gasteiger partial charge >= 0.3 is 0 Å². The van der Waals surface area contributed by atoms with Crippen LogP contribution in [0.1, 0.15) is 137 Å². The van der Waals surface area contributed by atoms with Crippen molar-refractivity contribution in [2.24, 2.45) is 69.0 Å². The van der Waals surface area contributed by atoms with Gasteiger partial charge in [0.05, 0.1) is 17.8 Å². The summed E-state index contributed by atoms with van der Waals surface area (Å²) in [6.45, 7) is 11.3. The highest BCUT2D eigenvalue weighted by molar-refractivity contribution is 5.86. The molecule has 5 nitrogen and oxygen atoms in total. The Labute approximate surface area is 272 Å². The minimum Gasteiger partial charge on any atom is -0.393 e. The van der Waals surface area contributed by atoms with Crippen molar-refractivity contribution in [3.63, 3.8) is 0 Å². The highest BCUT2D eigenvalue weighted by Gasteiger charge is 2.72. The first-order valence-electron chi connectivity index (χ1n) is 19.1. The van der Waals surface area contributed by atoms with Crippen LogP contribution in [-0.4, -0.2) is 49.6 Å². The number of fused-ring (bicyclic) bond motifs is 10. The molecular weight excluding hydrogens is 560 g/mol. The molecule has 8 rings (SSSR count). The zero-order valence-corrected chi connectivity index (χ0v) is 28.9. The molecule has 0 bridgehead atoms. The summed E-state index contributed by atoms with van der Waals surface area (Å²) in [6, 6.07) is 0. The van der Waals surface area contributed by atoms with Crippen molar-refractivity contribution in [1.29, 1.82) is 0 Å². The van der Waals surface area contributed by atoms with Gasteiger partial charge in [0.2, 0.25) is 0 Å². The van der Waals surface area contributed by atoms with Gasteiger partial charge in [0.1, 0.15) is 5.60 Å². The molecule has 45 heavy (non-hydrogen) atoms. The van der Waals surface area contributed by atoms with Crippen molar-refractivity contribution >= 4 is 5.78 Å². The number of hydrogen-bond acceptors (Lipinski definition) is 5. The molecule has 5 heteroatoms. The first-order valence-corrected chi connectivity index (χ1v) is 19.1. The van der Waals surface area contributed by atoms with Crippen LogP contribution < -0.4 is 0 Å². The average molecular weight is 623 g/mol. The van der Waals surface area contributed by atoms with E-state index in [1.165, 1.54) is 24.8 Å². The van der Waals surface area contributed by atoms with Gasteiger partial charge in [-0.15, -0.1) is 0 Å². The molecule has 0 aromatic rings. The number of Topliss-reactive ketones (excluding diaryl/α,β-unsaturated/α-hetero) is 1. The SMILES string of the molecule is CC(=O)C1(O)CCC2C3CC=C4CC(O)CC(C5(O)CC[C@H]6[C@@H]7CCC8CC(O)CC[C@]8(C)[C@@H]7CC[C@@]65C)C4(C)C3CCC21C. The van der Waals surface area contributed by atoms with Crippen molar-refractivity contribution < 1.29 is 25.2 Å². The molecule has 0 amide bonds. The van der Waals surface area contributed by atoms with E-state index in [4.69, 9.17) is 0 Å². The lowest BCUT2D eigenvalue weighted by molar-refractivity contribution is -0.213. The number of carbonyl (C=O) groups is 1. The third-order valence-electron chi connectivity index (χ3n) is 18.4. The van der Waals surface area contributed by atoms with Gasteiger partial charge in [-0.1, -0.05) is 39.3 Å². The molecule has 16 atom stereocenters. The third kappa shape index (κ3) is 3.80. The molecule has 252 valence electrons. The molecule has 0 radical (unpaired) electrons. The maximum atomic E-state index is 13.4. The van der Waals surface area contributed by atoms with Crippen LogP contribution in [0.4, 0.5) is 0 Å². The Hall–Kier alpha value is -0.750. The van der Waals surface area contributed by atoms with Gasteiger partial charge in [-0.3, -0.25) is 4.79 Å². The summed E-state index contributed by atoms with van der Waals surface area (Å²) in [7, 11) is 0. The topological polar surface area (TPSA) is 98.0 Å². The largest absolute Gasteiger partial charge is 0.393 e. The Morgan fingerprint density at radius 1 is 0.711 bits per heavy atom. The van der Waals surface area contributed by atoms with E-state index in [9.17, 15) is 25.2 Å². The Morgan fingerprint density at radius 2 is 1.38 bits per heavy atom. The van der Waals surface area contributed by atoms with Crippen LogP contribution in [0.5, 0.6) is 0 Å². The molecule has 0 saturated heterocycles. The average Bonchev–Trinajstić information content (AvgIpc) is 3.44.